The smallest absolute Gasteiger partial charge is 0.306 e. The topological polar surface area (TPSA) is 95.9 Å². The van der Waals surface area contributed by atoms with Crippen molar-refractivity contribution < 1.29 is 24.2 Å². The molecule has 2 N–H and O–H groups in total. The van der Waals surface area contributed by atoms with Crippen LogP contribution in [0.15, 0.2) is 0 Å². The molecular formula is C18H30N2O5. The number of carboxylic acid groups (broad SMARTS) is 1. The molecule has 2 aliphatic rings. The third kappa shape index (κ3) is 5.17. The van der Waals surface area contributed by atoms with Gasteiger partial charge in [-0.25, -0.2) is 0 Å². The van der Waals surface area contributed by atoms with Gasteiger partial charge in [0.2, 0.25) is 11.8 Å². The molecule has 0 aromatic carbocycles. The van der Waals surface area contributed by atoms with Crippen LogP contribution in [0.25, 0.3) is 0 Å². The lowest BCUT2D eigenvalue weighted by atomic mass is 9.80. The van der Waals surface area contributed by atoms with Gasteiger partial charge in [-0.3, -0.25) is 14.4 Å². The third-order valence-electron chi connectivity index (χ3n) is 5.51. The lowest BCUT2D eigenvalue weighted by Gasteiger charge is -2.40. The van der Waals surface area contributed by atoms with Gasteiger partial charge in [-0.15, -0.1) is 0 Å². The molecule has 2 rings (SSSR count). The summed E-state index contributed by atoms with van der Waals surface area (Å²) in [5.41, 5.74) is 0. The van der Waals surface area contributed by atoms with Crippen molar-refractivity contribution in [2.75, 3.05) is 26.8 Å². The van der Waals surface area contributed by atoms with Gasteiger partial charge in [-0.2, -0.15) is 0 Å². The van der Waals surface area contributed by atoms with Crippen molar-refractivity contribution >= 4 is 17.8 Å². The highest BCUT2D eigenvalue weighted by molar-refractivity contribution is 5.83. The highest BCUT2D eigenvalue weighted by Crippen LogP contribution is 2.33. The van der Waals surface area contributed by atoms with Crippen molar-refractivity contribution in [3.63, 3.8) is 0 Å². The fourth-order valence-electron chi connectivity index (χ4n) is 3.92. The summed E-state index contributed by atoms with van der Waals surface area (Å²) in [5, 5.41) is 12.1. The van der Waals surface area contributed by atoms with Gasteiger partial charge in [0.1, 0.15) is 0 Å². The summed E-state index contributed by atoms with van der Waals surface area (Å²) >= 11 is 0. The first-order chi connectivity index (χ1) is 11.9. The van der Waals surface area contributed by atoms with Gasteiger partial charge in [-0.05, 0) is 39.0 Å². The van der Waals surface area contributed by atoms with Crippen LogP contribution in [-0.4, -0.2) is 60.6 Å². The molecule has 1 aliphatic heterocycles. The zero-order valence-electron chi connectivity index (χ0n) is 15.2. The highest BCUT2D eigenvalue weighted by Gasteiger charge is 2.38. The fraction of sp³-hybridized carbons (Fsp3) is 0.833. The van der Waals surface area contributed by atoms with E-state index in [1.807, 2.05) is 6.92 Å². The van der Waals surface area contributed by atoms with Gasteiger partial charge in [0.25, 0.3) is 0 Å². The molecule has 0 aromatic heterocycles. The van der Waals surface area contributed by atoms with Crippen LogP contribution >= 0.6 is 0 Å². The molecule has 1 saturated carbocycles. The first kappa shape index (κ1) is 19.7. The maximum Gasteiger partial charge on any atom is 0.306 e. The number of hydrogen-bond donors (Lipinski definition) is 2. The first-order valence-corrected chi connectivity index (χ1v) is 9.24. The number of rotatable bonds is 6. The molecular weight excluding hydrogens is 324 g/mol. The van der Waals surface area contributed by atoms with Crippen LogP contribution in [0.4, 0.5) is 0 Å². The monoisotopic (exact) mass is 354 g/mol. The molecule has 2 amide bonds. The number of carboxylic acids is 1. The van der Waals surface area contributed by atoms with E-state index in [0.29, 0.717) is 32.5 Å². The van der Waals surface area contributed by atoms with Crippen LogP contribution in [0.5, 0.6) is 0 Å². The summed E-state index contributed by atoms with van der Waals surface area (Å²) in [7, 11) is 1.59. The van der Waals surface area contributed by atoms with E-state index in [-0.39, 0.29) is 29.7 Å². The number of hydrogen-bond acceptors (Lipinski definition) is 4. The first-order valence-electron chi connectivity index (χ1n) is 9.24. The SMILES string of the molecule is COCCNC(=O)C1CCC(C)N(C(=O)C2CCCC(C(=O)O)C2)C1. The molecule has 4 atom stereocenters. The Kier molecular flexibility index (Phi) is 7.23. The molecule has 0 spiro atoms. The predicted molar refractivity (Wildman–Crippen MR) is 91.9 cm³/mol. The zero-order valence-corrected chi connectivity index (χ0v) is 15.2. The Labute approximate surface area is 149 Å². The fourth-order valence-corrected chi connectivity index (χ4v) is 3.92. The summed E-state index contributed by atoms with van der Waals surface area (Å²) in [5.74, 6) is -1.67. The van der Waals surface area contributed by atoms with Gasteiger partial charge in [0, 0.05) is 32.2 Å². The van der Waals surface area contributed by atoms with E-state index in [9.17, 15) is 19.5 Å². The predicted octanol–water partition coefficient (Wildman–Crippen LogP) is 1.27. The van der Waals surface area contributed by atoms with Crippen LogP contribution in [-0.2, 0) is 19.1 Å². The maximum atomic E-state index is 12.9. The van der Waals surface area contributed by atoms with E-state index in [1.165, 1.54) is 0 Å². The van der Waals surface area contributed by atoms with Crippen LogP contribution in [0.3, 0.4) is 0 Å². The number of nitrogens with zero attached hydrogens (tertiary/aromatic N) is 1. The van der Waals surface area contributed by atoms with E-state index < -0.39 is 11.9 Å². The minimum atomic E-state index is -0.806. The Morgan fingerprint density at radius 2 is 1.84 bits per heavy atom. The van der Waals surface area contributed by atoms with Gasteiger partial charge in [-0.1, -0.05) is 6.42 Å². The molecule has 1 aliphatic carbocycles. The van der Waals surface area contributed by atoms with Gasteiger partial charge in [0.05, 0.1) is 18.4 Å². The van der Waals surface area contributed by atoms with Crippen molar-refractivity contribution in [2.45, 2.75) is 51.5 Å². The lowest BCUT2D eigenvalue weighted by Crippen LogP contribution is -2.52. The van der Waals surface area contributed by atoms with E-state index in [2.05, 4.69) is 5.32 Å². The number of carbonyl (C=O) groups excluding carboxylic acids is 2. The van der Waals surface area contributed by atoms with Crippen LogP contribution < -0.4 is 5.32 Å². The van der Waals surface area contributed by atoms with Crippen molar-refractivity contribution in [2.24, 2.45) is 17.8 Å². The largest absolute Gasteiger partial charge is 0.481 e. The molecule has 1 heterocycles. The van der Waals surface area contributed by atoms with E-state index >= 15 is 0 Å². The van der Waals surface area contributed by atoms with E-state index in [0.717, 1.165) is 25.7 Å². The summed E-state index contributed by atoms with van der Waals surface area (Å²) < 4.78 is 4.94. The second-order valence-corrected chi connectivity index (χ2v) is 7.30. The van der Waals surface area contributed by atoms with Crippen molar-refractivity contribution in [1.82, 2.24) is 10.2 Å². The van der Waals surface area contributed by atoms with Gasteiger partial charge < -0.3 is 20.1 Å². The van der Waals surface area contributed by atoms with Crippen LogP contribution in [0, 0.1) is 17.8 Å². The third-order valence-corrected chi connectivity index (χ3v) is 5.51. The lowest BCUT2D eigenvalue weighted by molar-refractivity contribution is -0.147. The molecule has 2 fully saturated rings. The summed E-state index contributed by atoms with van der Waals surface area (Å²) in [6.45, 7) is 3.37. The Bertz CT molecular complexity index is 496. The van der Waals surface area contributed by atoms with E-state index in [4.69, 9.17) is 4.74 Å². The molecule has 142 valence electrons. The minimum Gasteiger partial charge on any atom is -0.481 e. The minimum absolute atomic E-state index is 0.0211. The number of ether oxygens (including phenoxy) is 1. The number of amides is 2. The molecule has 0 bridgehead atoms. The molecule has 0 aromatic rings. The van der Waals surface area contributed by atoms with Crippen molar-refractivity contribution in [1.29, 1.82) is 0 Å². The number of carbonyl (C=O) groups is 3. The Hall–Kier alpha value is -1.63. The summed E-state index contributed by atoms with van der Waals surface area (Å²) in [6.07, 6.45) is 4.16. The standard InChI is InChI=1S/C18H30N2O5/c1-12-6-7-15(16(21)19-8-9-25-2)11-20(12)17(22)13-4-3-5-14(10-13)18(23)24/h12-15H,3-11H2,1-2H3,(H,19,21)(H,23,24). The van der Waals surface area contributed by atoms with Gasteiger partial charge >= 0.3 is 5.97 Å². The summed E-state index contributed by atoms with van der Waals surface area (Å²) in [6, 6.07) is 0.0979. The number of likely N-dealkylation sites (tertiary alicyclic amines) is 1. The molecule has 7 nitrogen and oxygen atoms in total. The van der Waals surface area contributed by atoms with Crippen LogP contribution in [0.1, 0.15) is 45.4 Å². The second kappa shape index (κ2) is 9.17. The maximum absolute atomic E-state index is 12.9. The number of piperidine rings is 1. The summed E-state index contributed by atoms with van der Waals surface area (Å²) in [4.78, 5) is 38.3. The average Bonchev–Trinajstić information content (AvgIpc) is 2.61. The molecule has 1 saturated heterocycles. The normalized spacial score (nSPS) is 29.9. The number of aliphatic carboxylic acids is 1. The van der Waals surface area contributed by atoms with Crippen molar-refractivity contribution in [3.8, 4) is 0 Å². The number of nitrogens with one attached hydrogen (secondary N) is 1. The number of methoxy groups -OCH3 is 1. The highest BCUT2D eigenvalue weighted by atomic mass is 16.5. The molecule has 4 unspecified atom stereocenters. The zero-order chi connectivity index (χ0) is 18.4. The van der Waals surface area contributed by atoms with Crippen LogP contribution in [0.2, 0.25) is 0 Å². The van der Waals surface area contributed by atoms with Gasteiger partial charge in [0.15, 0.2) is 0 Å². The average molecular weight is 354 g/mol. The van der Waals surface area contributed by atoms with Crippen molar-refractivity contribution in [3.05, 3.63) is 0 Å². The Morgan fingerprint density at radius 1 is 1.12 bits per heavy atom. The molecule has 25 heavy (non-hydrogen) atoms. The Morgan fingerprint density at radius 3 is 2.52 bits per heavy atom. The molecule has 0 radical (unpaired) electrons. The quantitative estimate of drug-likeness (QED) is 0.700. The Balaban J connectivity index is 1.95. The molecule has 7 heteroatoms. The second-order valence-electron chi connectivity index (χ2n) is 7.30. The van der Waals surface area contributed by atoms with E-state index in [1.54, 1.807) is 12.0 Å².